The number of halogens is 3. The molecule has 3 nitrogen and oxygen atoms in total. The lowest BCUT2D eigenvalue weighted by Gasteiger charge is -2.17. The van der Waals surface area contributed by atoms with E-state index in [1.807, 2.05) is 0 Å². The first-order chi connectivity index (χ1) is 9.51. The summed E-state index contributed by atoms with van der Waals surface area (Å²) in [6.45, 7) is 2.01. The average Bonchev–Trinajstić information content (AvgIpc) is 2.42. The molecule has 0 radical (unpaired) electrons. The Balaban J connectivity index is 2.87. The average molecular weight is 352 g/mol. The van der Waals surface area contributed by atoms with E-state index in [2.05, 4.69) is 39.8 Å². The van der Waals surface area contributed by atoms with Crippen molar-refractivity contribution >= 4 is 15.9 Å². The summed E-state index contributed by atoms with van der Waals surface area (Å²) in [6, 6.07) is 3.91. The predicted molar refractivity (Wildman–Crippen MR) is 78.5 cm³/mol. The molecule has 0 unspecified atom stereocenters. The van der Waals surface area contributed by atoms with Gasteiger partial charge in [-0.05, 0) is 46.5 Å². The molecule has 0 amide bonds. The Morgan fingerprint density at radius 1 is 1.25 bits per heavy atom. The number of benzene rings is 1. The number of hydrogen-bond donors (Lipinski definition) is 1. The van der Waals surface area contributed by atoms with E-state index in [0.29, 0.717) is 22.8 Å². The molecule has 6 heteroatoms. The topological polar surface area (TPSA) is 30.5 Å². The number of rotatable bonds is 8. The first-order valence-electron chi connectivity index (χ1n) is 6.56. The quantitative estimate of drug-likeness (QED) is 0.755. The van der Waals surface area contributed by atoms with Gasteiger partial charge in [-0.1, -0.05) is 13.8 Å². The maximum Gasteiger partial charge on any atom is 0.387 e. The number of hydrogen-bond acceptors (Lipinski definition) is 3. The van der Waals surface area contributed by atoms with Crippen LogP contribution in [-0.2, 0) is 6.54 Å². The van der Waals surface area contributed by atoms with Crippen LogP contribution in [0.1, 0.15) is 32.3 Å². The minimum absolute atomic E-state index is 0.0220. The molecule has 114 valence electrons. The second-order valence-electron chi connectivity index (χ2n) is 4.38. The van der Waals surface area contributed by atoms with Crippen molar-refractivity contribution in [2.75, 3.05) is 7.11 Å². The molecule has 0 aromatic heterocycles. The van der Waals surface area contributed by atoms with Crippen molar-refractivity contribution in [3.8, 4) is 11.5 Å². The third-order valence-corrected chi connectivity index (χ3v) is 3.67. The second kappa shape index (κ2) is 8.42. The van der Waals surface area contributed by atoms with Gasteiger partial charge in [0.15, 0.2) is 11.5 Å². The minimum atomic E-state index is -2.88. The molecule has 20 heavy (non-hydrogen) atoms. The van der Waals surface area contributed by atoms with Gasteiger partial charge in [0.2, 0.25) is 0 Å². The highest BCUT2D eigenvalue weighted by Gasteiger charge is 2.16. The largest absolute Gasteiger partial charge is 0.493 e. The molecule has 0 saturated heterocycles. The molecule has 0 atom stereocenters. The van der Waals surface area contributed by atoms with E-state index < -0.39 is 6.61 Å². The summed E-state index contributed by atoms with van der Waals surface area (Å²) < 4.78 is 34.7. The van der Waals surface area contributed by atoms with Crippen LogP contribution in [0.3, 0.4) is 0 Å². The minimum Gasteiger partial charge on any atom is -0.493 e. The fourth-order valence-corrected chi connectivity index (χ4v) is 2.50. The van der Waals surface area contributed by atoms with E-state index >= 15 is 0 Å². The van der Waals surface area contributed by atoms with Crippen molar-refractivity contribution < 1.29 is 18.3 Å². The highest BCUT2D eigenvalue weighted by molar-refractivity contribution is 9.10. The monoisotopic (exact) mass is 351 g/mol. The molecule has 0 aliphatic carbocycles. The van der Waals surface area contributed by atoms with Gasteiger partial charge in [0.1, 0.15) is 0 Å². The van der Waals surface area contributed by atoms with Gasteiger partial charge < -0.3 is 14.8 Å². The highest BCUT2D eigenvalue weighted by atomic mass is 79.9. The summed E-state index contributed by atoms with van der Waals surface area (Å²) in [6.07, 6.45) is 2.09. The van der Waals surface area contributed by atoms with Gasteiger partial charge in [-0.25, -0.2) is 0 Å². The molecule has 1 aromatic rings. The normalized spacial score (nSPS) is 11.2. The van der Waals surface area contributed by atoms with Gasteiger partial charge in [0.05, 0.1) is 11.6 Å². The fourth-order valence-electron chi connectivity index (χ4n) is 1.92. The van der Waals surface area contributed by atoms with Crippen LogP contribution in [0.5, 0.6) is 11.5 Å². The molecule has 0 aliphatic rings. The van der Waals surface area contributed by atoms with Crippen LogP contribution < -0.4 is 14.8 Å². The number of ether oxygens (including phenoxy) is 2. The van der Waals surface area contributed by atoms with Gasteiger partial charge in [-0.2, -0.15) is 8.78 Å². The predicted octanol–water partition coefficient (Wildman–Crippen LogP) is 4.34. The van der Waals surface area contributed by atoms with Crippen molar-refractivity contribution in [1.29, 1.82) is 0 Å². The van der Waals surface area contributed by atoms with Crippen LogP contribution in [0.2, 0.25) is 0 Å². The van der Waals surface area contributed by atoms with Crippen molar-refractivity contribution in [3.63, 3.8) is 0 Å². The van der Waals surface area contributed by atoms with E-state index in [1.54, 1.807) is 12.1 Å². The highest BCUT2D eigenvalue weighted by Crippen LogP contribution is 2.37. The van der Waals surface area contributed by atoms with E-state index in [-0.39, 0.29) is 5.75 Å². The van der Waals surface area contributed by atoms with Crippen LogP contribution in [0.15, 0.2) is 16.6 Å². The van der Waals surface area contributed by atoms with Gasteiger partial charge in [0.25, 0.3) is 0 Å². The maximum absolute atomic E-state index is 12.4. The number of alkyl halides is 2. The summed E-state index contributed by atoms with van der Waals surface area (Å²) in [7, 11) is 1.43. The van der Waals surface area contributed by atoms with Gasteiger partial charge in [-0.3, -0.25) is 0 Å². The molecule has 0 fully saturated rings. The molecule has 1 rings (SSSR count). The molecule has 0 spiro atoms. The van der Waals surface area contributed by atoms with Gasteiger partial charge in [-0.15, -0.1) is 0 Å². The van der Waals surface area contributed by atoms with E-state index in [4.69, 9.17) is 4.74 Å². The molecule has 0 heterocycles. The SMILES string of the molecule is CCC(CC)NCc1cc(Br)c(OC(F)F)c(OC)c1. The Morgan fingerprint density at radius 3 is 2.40 bits per heavy atom. The van der Waals surface area contributed by atoms with Crippen molar-refractivity contribution in [1.82, 2.24) is 5.32 Å². The molecule has 0 saturated carbocycles. The van der Waals surface area contributed by atoms with E-state index in [1.165, 1.54) is 7.11 Å². The van der Waals surface area contributed by atoms with Crippen molar-refractivity contribution in [3.05, 3.63) is 22.2 Å². The smallest absolute Gasteiger partial charge is 0.387 e. The lowest BCUT2D eigenvalue weighted by Crippen LogP contribution is -2.27. The van der Waals surface area contributed by atoms with Crippen LogP contribution in [0.25, 0.3) is 0 Å². The zero-order valence-electron chi connectivity index (χ0n) is 11.9. The molecule has 1 N–H and O–H groups in total. The Kier molecular flexibility index (Phi) is 7.23. The van der Waals surface area contributed by atoms with Crippen LogP contribution in [0.4, 0.5) is 8.78 Å². The summed E-state index contributed by atoms with van der Waals surface area (Å²) in [5.41, 5.74) is 0.947. The zero-order chi connectivity index (χ0) is 15.1. The second-order valence-corrected chi connectivity index (χ2v) is 5.24. The van der Waals surface area contributed by atoms with E-state index in [9.17, 15) is 8.78 Å². The number of nitrogens with one attached hydrogen (secondary N) is 1. The third-order valence-electron chi connectivity index (χ3n) is 3.08. The molecular weight excluding hydrogens is 332 g/mol. The maximum atomic E-state index is 12.4. The third kappa shape index (κ3) is 4.90. The fraction of sp³-hybridized carbons (Fsp3) is 0.571. The first-order valence-corrected chi connectivity index (χ1v) is 7.35. The van der Waals surface area contributed by atoms with Crippen LogP contribution in [0, 0.1) is 0 Å². The van der Waals surface area contributed by atoms with Crippen molar-refractivity contribution in [2.45, 2.75) is 45.9 Å². The molecule has 1 aromatic carbocycles. The first kappa shape index (κ1) is 17.2. The Morgan fingerprint density at radius 2 is 1.90 bits per heavy atom. The van der Waals surface area contributed by atoms with Crippen LogP contribution >= 0.6 is 15.9 Å². The molecular formula is C14H20BrF2NO2. The summed E-state index contributed by atoms with van der Waals surface area (Å²) in [5, 5.41) is 3.41. The Bertz CT molecular complexity index is 426. The van der Waals surface area contributed by atoms with Crippen molar-refractivity contribution in [2.24, 2.45) is 0 Å². The zero-order valence-corrected chi connectivity index (χ0v) is 13.5. The van der Waals surface area contributed by atoms with E-state index in [0.717, 1.165) is 18.4 Å². The van der Waals surface area contributed by atoms with Gasteiger partial charge >= 0.3 is 6.61 Å². The standard InChI is InChI=1S/C14H20BrF2NO2/c1-4-10(5-2)18-8-9-6-11(15)13(20-14(16)17)12(7-9)19-3/h6-7,10,14,18H,4-5,8H2,1-3H3. The molecule has 0 bridgehead atoms. The Labute approximate surface area is 126 Å². The summed E-state index contributed by atoms with van der Waals surface area (Å²) in [5.74, 6) is 0.315. The number of methoxy groups -OCH3 is 1. The lowest BCUT2D eigenvalue weighted by atomic mass is 10.1. The summed E-state index contributed by atoms with van der Waals surface area (Å²) in [4.78, 5) is 0. The lowest BCUT2D eigenvalue weighted by molar-refractivity contribution is -0.0517. The van der Waals surface area contributed by atoms with Crippen LogP contribution in [-0.4, -0.2) is 19.8 Å². The molecule has 0 aliphatic heterocycles. The van der Waals surface area contributed by atoms with Gasteiger partial charge in [0, 0.05) is 12.6 Å². The summed E-state index contributed by atoms with van der Waals surface area (Å²) >= 11 is 3.24. The Hall–Kier alpha value is -0.880.